The minimum Gasteiger partial charge on any atom is -0.444 e. The number of oxazole rings is 1. The maximum atomic E-state index is 12.4. The molecule has 0 saturated heterocycles. The van der Waals surface area contributed by atoms with Crippen LogP contribution in [0.3, 0.4) is 0 Å². The largest absolute Gasteiger partial charge is 0.444 e. The Balaban J connectivity index is 1.83. The SMILES string of the molecule is Cc1ccc(NC(=O)c2coc(-c3ccccc3)n2)c(N(C)C)n1. The van der Waals surface area contributed by atoms with Crippen LogP contribution in [0.15, 0.2) is 53.1 Å². The summed E-state index contributed by atoms with van der Waals surface area (Å²) in [5.41, 5.74) is 2.55. The number of aromatic nitrogens is 2. The smallest absolute Gasteiger partial charge is 0.277 e. The second-order valence-electron chi connectivity index (χ2n) is 5.58. The maximum absolute atomic E-state index is 12.4. The first-order valence-corrected chi connectivity index (χ1v) is 7.52. The Kier molecular flexibility index (Phi) is 4.29. The van der Waals surface area contributed by atoms with E-state index in [-0.39, 0.29) is 11.6 Å². The van der Waals surface area contributed by atoms with Crippen molar-refractivity contribution in [3.05, 3.63) is 60.1 Å². The Morgan fingerprint density at radius 2 is 1.83 bits per heavy atom. The van der Waals surface area contributed by atoms with Crippen LogP contribution in [0.5, 0.6) is 0 Å². The summed E-state index contributed by atoms with van der Waals surface area (Å²) >= 11 is 0. The van der Waals surface area contributed by atoms with Gasteiger partial charge in [0.2, 0.25) is 5.89 Å². The van der Waals surface area contributed by atoms with Crippen molar-refractivity contribution in [3.63, 3.8) is 0 Å². The topological polar surface area (TPSA) is 71.3 Å². The molecule has 6 nitrogen and oxygen atoms in total. The van der Waals surface area contributed by atoms with Crippen LogP contribution >= 0.6 is 0 Å². The average molecular weight is 322 g/mol. The molecule has 0 aliphatic rings. The molecule has 24 heavy (non-hydrogen) atoms. The van der Waals surface area contributed by atoms with Crippen LogP contribution in [-0.4, -0.2) is 30.0 Å². The molecule has 0 atom stereocenters. The number of benzene rings is 1. The van der Waals surface area contributed by atoms with Gasteiger partial charge in [0, 0.05) is 25.4 Å². The molecule has 0 spiro atoms. The molecule has 1 N–H and O–H groups in total. The summed E-state index contributed by atoms with van der Waals surface area (Å²) in [6, 6.07) is 13.1. The van der Waals surface area contributed by atoms with Crippen molar-refractivity contribution in [2.45, 2.75) is 6.92 Å². The van der Waals surface area contributed by atoms with Gasteiger partial charge in [-0.1, -0.05) is 18.2 Å². The summed E-state index contributed by atoms with van der Waals surface area (Å²) in [5, 5.41) is 2.83. The Hall–Kier alpha value is -3.15. The Bertz CT molecular complexity index is 856. The molecule has 0 bridgehead atoms. The number of carbonyl (C=O) groups excluding carboxylic acids is 1. The van der Waals surface area contributed by atoms with Crippen LogP contribution in [0.1, 0.15) is 16.2 Å². The number of aryl methyl sites for hydroxylation is 1. The lowest BCUT2D eigenvalue weighted by Crippen LogP contribution is -2.18. The van der Waals surface area contributed by atoms with E-state index in [9.17, 15) is 4.79 Å². The van der Waals surface area contributed by atoms with Gasteiger partial charge in [-0.2, -0.15) is 0 Å². The lowest BCUT2D eigenvalue weighted by Gasteiger charge is -2.16. The van der Waals surface area contributed by atoms with E-state index >= 15 is 0 Å². The van der Waals surface area contributed by atoms with Crippen molar-refractivity contribution < 1.29 is 9.21 Å². The van der Waals surface area contributed by atoms with Gasteiger partial charge in [0.1, 0.15) is 6.26 Å². The molecule has 122 valence electrons. The number of nitrogens with one attached hydrogen (secondary N) is 1. The van der Waals surface area contributed by atoms with Gasteiger partial charge >= 0.3 is 0 Å². The molecule has 0 aliphatic heterocycles. The fraction of sp³-hybridized carbons (Fsp3) is 0.167. The Labute approximate surface area is 140 Å². The molecule has 0 saturated carbocycles. The van der Waals surface area contributed by atoms with Crippen LogP contribution in [-0.2, 0) is 0 Å². The average Bonchev–Trinajstić information content (AvgIpc) is 3.07. The van der Waals surface area contributed by atoms with Gasteiger partial charge < -0.3 is 14.6 Å². The zero-order valence-corrected chi connectivity index (χ0v) is 13.8. The normalized spacial score (nSPS) is 10.5. The highest BCUT2D eigenvalue weighted by molar-refractivity contribution is 6.04. The van der Waals surface area contributed by atoms with Crippen LogP contribution in [0.25, 0.3) is 11.5 Å². The number of carbonyl (C=O) groups is 1. The number of pyridine rings is 1. The van der Waals surface area contributed by atoms with Crippen molar-refractivity contribution in [2.75, 3.05) is 24.3 Å². The standard InChI is InChI=1S/C18H18N4O2/c1-12-9-10-14(16(19-12)22(2)3)20-17(23)15-11-24-18(21-15)13-7-5-4-6-8-13/h4-11H,1-3H3,(H,20,23). The van der Waals surface area contributed by atoms with Crippen molar-refractivity contribution >= 4 is 17.4 Å². The molecule has 3 rings (SSSR count). The van der Waals surface area contributed by atoms with Crippen molar-refractivity contribution in [1.82, 2.24) is 9.97 Å². The van der Waals surface area contributed by atoms with Gasteiger partial charge in [0.25, 0.3) is 5.91 Å². The van der Waals surface area contributed by atoms with Crippen LogP contribution in [0, 0.1) is 6.92 Å². The molecule has 0 aliphatic carbocycles. The summed E-state index contributed by atoms with van der Waals surface area (Å²) in [6.07, 6.45) is 1.36. The van der Waals surface area contributed by atoms with Crippen molar-refractivity contribution in [2.24, 2.45) is 0 Å². The molecule has 0 radical (unpaired) electrons. The molecule has 0 unspecified atom stereocenters. The summed E-state index contributed by atoms with van der Waals surface area (Å²) in [7, 11) is 3.75. The van der Waals surface area contributed by atoms with Crippen molar-refractivity contribution in [1.29, 1.82) is 0 Å². The molecule has 2 aromatic heterocycles. The minimum atomic E-state index is -0.338. The molecule has 1 amide bonds. The Morgan fingerprint density at radius 3 is 2.54 bits per heavy atom. The molecule has 6 heteroatoms. The first-order chi connectivity index (χ1) is 11.5. The van der Waals surface area contributed by atoms with E-state index in [1.807, 2.05) is 68.4 Å². The van der Waals surface area contributed by atoms with Crippen molar-refractivity contribution in [3.8, 4) is 11.5 Å². The molecule has 0 fully saturated rings. The highest BCUT2D eigenvalue weighted by Gasteiger charge is 2.16. The lowest BCUT2D eigenvalue weighted by molar-refractivity contribution is 0.102. The van der Waals surface area contributed by atoms with E-state index in [0.29, 0.717) is 17.4 Å². The quantitative estimate of drug-likeness (QED) is 0.797. The van der Waals surface area contributed by atoms with E-state index in [4.69, 9.17) is 4.42 Å². The van der Waals surface area contributed by atoms with E-state index in [0.717, 1.165) is 11.3 Å². The lowest BCUT2D eigenvalue weighted by atomic mass is 10.2. The minimum absolute atomic E-state index is 0.221. The molecule has 1 aromatic carbocycles. The zero-order valence-electron chi connectivity index (χ0n) is 13.8. The van der Waals surface area contributed by atoms with E-state index in [1.165, 1.54) is 6.26 Å². The summed E-state index contributed by atoms with van der Waals surface area (Å²) in [6.45, 7) is 1.91. The van der Waals surface area contributed by atoms with E-state index < -0.39 is 0 Å². The molecular formula is C18H18N4O2. The third kappa shape index (κ3) is 3.27. The van der Waals surface area contributed by atoms with E-state index in [2.05, 4.69) is 15.3 Å². The number of hydrogen-bond donors (Lipinski definition) is 1. The van der Waals surface area contributed by atoms with E-state index in [1.54, 1.807) is 0 Å². The molecule has 2 heterocycles. The number of amides is 1. The predicted octanol–water partition coefficient (Wildman–Crippen LogP) is 3.36. The zero-order chi connectivity index (χ0) is 17.1. The summed E-state index contributed by atoms with van der Waals surface area (Å²) in [5.74, 6) is 0.764. The summed E-state index contributed by atoms with van der Waals surface area (Å²) < 4.78 is 5.41. The molecule has 3 aromatic rings. The first-order valence-electron chi connectivity index (χ1n) is 7.52. The first kappa shape index (κ1) is 15.7. The highest BCUT2D eigenvalue weighted by atomic mass is 16.3. The van der Waals surface area contributed by atoms with Gasteiger partial charge in [-0.3, -0.25) is 4.79 Å². The second kappa shape index (κ2) is 6.54. The fourth-order valence-electron chi connectivity index (χ4n) is 2.26. The van der Waals surface area contributed by atoms with Gasteiger partial charge in [0.05, 0.1) is 5.69 Å². The summed E-state index contributed by atoms with van der Waals surface area (Å²) in [4.78, 5) is 23.0. The van der Waals surface area contributed by atoms with Gasteiger partial charge in [-0.25, -0.2) is 9.97 Å². The van der Waals surface area contributed by atoms with Gasteiger partial charge in [-0.05, 0) is 31.2 Å². The predicted molar refractivity (Wildman–Crippen MR) is 93.2 cm³/mol. The number of nitrogens with zero attached hydrogens (tertiary/aromatic N) is 3. The van der Waals surface area contributed by atoms with Crippen LogP contribution < -0.4 is 10.2 Å². The molecular weight excluding hydrogens is 304 g/mol. The van der Waals surface area contributed by atoms with Crippen LogP contribution in [0.2, 0.25) is 0 Å². The van der Waals surface area contributed by atoms with Crippen LogP contribution in [0.4, 0.5) is 11.5 Å². The third-order valence-corrected chi connectivity index (χ3v) is 3.44. The Morgan fingerprint density at radius 1 is 1.08 bits per heavy atom. The second-order valence-corrected chi connectivity index (χ2v) is 5.58. The third-order valence-electron chi connectivity index (χ3n) is 3.44. The van der Waals surface area contributed by atoms with Gasteiger partial charge in [-0.15, -0.1) is 0 Å². The number of hydrogen-bond acceptors (Lipinski definition) is 5. The number of rotatable bonds is 4. The monoisotopic (exact) mass is 322 g/mol. The fourth-order valence-corrected chi connectivity index (χ4v) is 2.26. The number of anilines is 2. The highest BCUT2D eigenvalue weighted by Crippen LogP contribution is 2.23. The van der Waals surface area contributed by atoms with Gasteiger partial charge in [0.15, 0.2) is 11.5 Å². The maximum Gasteiger partial charge on any atom is 0.277 e.